The minimum Gasteiger partial charge on any atom is -0.463 e. The van der Waals surface area contributed by atoms with E-state index >= 15 is 0 Å². The van der Waals surface area contributed by atoms with Crippen molar-refractivity contribution in [3.8, 4) is 17.1 Å². The molecule has 2 aromatic heterocycles. The number of aryl methyl sites for hydroxylation is 2. The van der Waals surface area contributed by atoms with Crippen molar-refractivity contribution in [3.05, 3.63) is 131 Å². The topological polar surface area (TPSA) is 60.1 Å². The van der Waals surface area contributed by atoms with Gasteiger partial charge in [-0.3, -0.25) is 4.79 Å². The first-order chi connectivity index (χ1) is 16.6. The molecule has 0 spiro atoms. The second-order valence-electron chi connectivity index (χ2n) is 8.32. The van der Waals surface area contributed by atoms with Gasteiger partial charge in [-0.15, -0.1) is 0 Å². The summed E-state index contributed by atoms with van der Waals surface area (Å²) in [4.78, 5) is 13.8. The molecule has 1 N–H and O–H groups in total. The summed E-state index contributed by atoms with van der Waals surface area (Å²) in [5, 5.41) is 7.98. The van der Waals surface area contributed by atoms with E-state index in [1.807, 2.05) is 98.8 Å². The van der Waals surface area contributed by atoms with Gasteiger partial charge in [0.25, 0.3) is 5.91 Å². The maximum absolute atomic E-state index is 13.8. The third kappa shape index (κ3) is 4.28. The standard InChI is InChI=1S/C29H25N3O2/c1-20-15-16-25(21(2)18-20)32-26(19-24(31-32)27-14-9-17-34-27)29(33)30-28(22-10-5-3-6-11-22)23-12-7-4-8-13-23/h3-19,28H,1-2H3,(H,30,33). The van der Waals surface area contributed by atoms with Crippen LogP contribution in [0.5, 0.6) is 0 Å². The molecule has 5 aromatic rings. The number of amides is 1. The molecule has 5 rings (SSSR count). The number of hydrogen-bond acceptors (Lipinski definition) is 3. The maximum atomic E-state index is 13.8. The van der Waals surface area contributed by atoms with E-state index < -0.39 is 0 Å². The summed E-state index contributed by atoms with van der Waals surface area (Å²) in [5.41, 5.74) is 6.09. The molecule has 0 aliphatic carbocycles. The summed E-state index contributed by atoms with van der Waals surface area (Å²) in [7, 11) is 0. The zero-order chi connectivity index (χ0) is 23.5. The summed E-state index contributed by atoms with van der Waals surface area (Å²) in [6.45, 7) is 4.07. The number of nitrogens with one attached hydrogen (secondary N) is 1. The molecule has 0 saturated heterocycles. The van der Waals surface area contributed by atoms with E-state index in [9.17, 15) is 4.79 Å². The highest BCUT2D eigenvalue weighted by molar-refractivity contribution is 5.94. The molecule has 0 radical (unpaired) electrons. The largest absolute Gasteiger partial charge is 0.463 e. The fraction of sp³-hybridized carbons (Fsp3) is 0.103. The predicted molar refractivity (Wildman–Crippen MR) is 133 cm³/mol. The lowest BCUT2D eigenvalue weighted by molar-refractivity contribution is 0.0935. The number of furan rings is 1. The van der Waals surface area contributed by atoms with Crippen LogP contribution in [0.1, 0.15) is 38.8 Å². The highest BCUT2D eigenvalue weighted by Gasteiger charge is 2.23. The Balaban J connectivity index is 1.58. The van der Waals surface area contributed by atoms with Gasteiger partial charge in [-0.05, 0) is 48.7 Å². The molecule has 1 amide bonds. The first-order valence-corrected chi connectivity index (χ1v) is 11.2. The number of carbonyl (C=O) groups is 1. The van der Waals surface area contributed by atoms with Crippen LogP contribution in [0.25, 0.3) is 17.1 Å². The van der Waals surface area contributed by atoms with Gasteiger partial charge < -0.3 is 9.73 Å². The highest BCUT2D eigenvalue weighted by Crippen LogP contribution is 2.26. The van der Waals surface area contributed by atoms with Gasteiger partial charge in [0.15, 0.2) is 5.76 Å². The molecule has 0 unspecified atom stereocenters. The van der Waals surface area contributed by atoms with E-state index in [-0.39, 0.29) is 11.9 Å². The van der Waals surface area contributed by atoms with Gasteiger partial charge in [0, 0.05) is 6.07 Å². The number of rotatable bonds is 6. The summed E-state index contributed by atoms with van der Waals surface area (Å²) in [6.07, 6.45) is 1.60. The van der Waals surface area contributed by atoms with E-state index in [1.165, 1.54) is 0 Å². The highest BCUT2D eigenvalue weighted by atomic mass is 16.3. The van der Waals surface area contributed by atoms with Crippen molar-refractivity contribution < 1.29 is 9.21 Å². The zero-order valence-electron chi connectivity index (χ0n) is 19.1. The Labute approximate surface area is 198 Å². The molecule has 0 fully saturated rings. The Morgan fingerprint density at radius 1 is 0.853 bits per heavy atom. The summed E-state index contributed by atoms with van der Waals surface area (Å²) in [6, 6.07) is 31.2. The van der Waals surface area contributed by atoms with Gasteiger partial charge in [0.1, 0.15) is 11.4 Å². The van der Waals surface area contributed by atoms with Crippen LogP contribution in [0.4, 0.5) is 0 Å². The van der Waals surface area contributed by atoms with Gasteiger partial charge in [0.2, 0.25) is 0 Å². The Hall–Kier alpha value is -4.38. The van der Waals surface area contributed by atoms with E-state index in [2.05, 4.69) is 11.4 Å². The Morgan fingerprint density at radius 2 is 1.53 bits per heavy atom. The van der Waals surface area contributed by atoms with E-state index in [0.717, 1.165) is 27.9 Å². The SMILES string of the molecule is Cc1ccc(-n2nc(-c3ccco3)cc2C(=O)NC(c2ccccc2)c2ccccc2)c(C)c1. The van der Waals surface area contributed by atoms with Crippen molar-refractivity contribution >= 4 is 5.91 Å². The summed E-state index contributed by atoms with van der Waals surface area (Å²) >= 11 is 0. The van der Waals surface area contributed by atoms with Crippen LogP contribution >= 0.6 is 0 Å². The van der Waals surface area contributed by atoms with Gasteiger partial charge in [-0.25, -0.2) is 4.68 Å². The predicted octanol–water partition coefficient (Wildman–Crippen LogP) is 6.27. The molecule has 34 heavy (non-hydrogen) atoms. The molecule has 0 bridgehead atoms. The van der Waals surface area contributed by atoms with Crippen LogP contribution in [0.2, 0.25) is 0 Å². The van der Waals surface area contributed by atoms with E-state index in [0.29, 0.717) is 17.1 Å². The lowest BCUT2D eigenvalue weighted by Crippen LogP contribution is -2.31. The molecule has 2 heterocycles. The molecule has 0 saturated carbocycles. The van der Waals surface area contributed by atoms with Crippen LogP contribution in [-0.4, -0.2) is 15.7 Å². The zero-order valence-corrected chi connectivity index (χ0v) is 19.1. The third-order valence-electron chi connectivity index (χ3n) is 5.84. The fourth-order valence-electron chi connectivity index (χ4n) is 4.17. The average molecular weight is 448 g/mol. The Kier molecular flexibility index (Phi) is 5.83. The quantitative estimate of drug-likeness (QED) is 0.334. The van der Waals surface area contributed by atoms with Crippen molar-refractivity contribution in [1.29, 1.82) is 0 Å². The summed E-state index contributed by atoms with van der Waals surface area (Å²) < 4.78 is 7.27. The van der Waals surface area contributed by atoms with Crippen molar-refractivity contribution in [2.24, 2.45) is 0 Å². The maximum Gasteiger partial charge on any atom is 0.270 e. The molecule has 0 aliphatic rings. The second kappa shape index (κ2) is 9.24. The monoisotopic (exact) mass is 447 g/mol. The van der Waals surface area contributed by atoms with Gasteiger partial charge in [-0.2, -0.15) is 5.10 Å². The van der Waals surface area contributed by atoms with Crippen LogP contribution in [-0.2, 0) is 0 Å². The van der Waals surface area contributed by atoms with Crippen LogP contribution in [0, 0.1) is 13.8 Å². The van der Waals surface area contributed by atoms with Gasteiger partial charge >= 0.3 is 0 Å². The lowest BCUT2D eigenvalue weighted by atomic mass is 9.98. The Morgan fingerprint density at radius 3 is 2.12 bits per heavy atom. The van der Waals surface area contributed by atoms with E-state index in [4.69, 9.17) is 9.52 Å². The second-order valence-corrected chi connectivity index (χ2v) is 8.32. The lowest BCUT2D eigenvalue weighted by Gasteiger charge is -2.20. The normalized spacial score (nSPS) is 11.0. The molecular formula is C29H25N3O2. The number of carbonyl (C=O) groups excluding carboxylic acids is 1. The number of hydrogen-bond donors (Lipinski definition) is 1. The van der Waals surface area contributed by atoms with Gasteiger partial charge in [-0.1, -0.05) is 78.4 Å². The Bertz CT molecular complexity index is 1370. The number of nitrogens with zero attached hydrogens (tertiary/aromatic N) is 2. The molecule has 0 atom stereocenters. The van der Waals surface area contributed by atoms with Gasteiger partial charge in [0.05, 0.1) is 18.0 Å². The van der Waals surface area contributed by atoms with Crippen molar-refractivity contribution in [3.63, 3.8) is 0 Å². The van der Waals surface area contributed by atoms with Crippen molar-refractivity contribution in [1.82, 2.24) is 15.1 Å². The number of aromatic nitrogens is 2. The van der Waals surface area contributed by atoms with Crippen molar-refractivity contribution in [2.45, 2.75) is 19.9 Å². The minimum atomic E-state index is -0.301. The fourth-order valence-corrected chi connectivity index (χ4v) is 4.17. The molecule has 3 aromatic carbocycles. The molecular weight excluding hydrogens is 422 g/mol. The molecule has 5 nitrogen and oxygen atoms in total. The van der Waals surface area contributed by atoms with Crippen LogP contribution < -0.4 is 5.32 Å². The minimum absolute atomic E-state index is 0.219. The molecule has 0 aliphatic heterocycles. The van der Waals surface area contributed by atoms with E-state index in [1.54, 1.807) is 17.0 Å². The van der Waals surface area contributed by atoms with Crippen LogP contribution in [0.15, 0.2) is 108 Å². The molecule has 168 valence electrons. The molecule has 5 heteroatoms. The van der Waals surface area contributed by atoms with Crippen LogP contribution in [0.3, 0.4) is 0 Å². The number of benzene rings is 3. The first kappa shape index (κ1) is 21.5. The average Bonchev–Trinajstić information content (AvgIpc) is 3.54. The summed E-state index contributed by atoms with van der Waals surface area (Å²) in [5.74, 6) is 0.392. The third-order valence-corrected chi connectivity index (χ3v) is 5.84. The smallest absolute Gasteiger partial charge is 0.270 e. The van der Waals surface area contributed by atoms with Crippen molar-refractivity contribution in [2.75, 3.05) is 0 Å². The first-order valence-electron chi connectivity index (χ1n) is 11.2.